The molecular formula is C23H28N4O4S. The zero-order chi connectivity index (χ0) is 22.1. The zero-order valence-corrected chi connectivity index (χ0v) is 19.0. The molecule has 2 fully saturated rings. The third-order valence-corrected chi connectivity index (χ3v) is 7.33. The van der Waals surface area contributed by atoms with Crippen molar-refractivity contribution in [1.82, 2.24) is 14.5 Å². The molecule has 2 saturated heterocycles. The standard InChI is InChI=1S/C23H28N4O4S/c1-15-24-21-20(22(29)27(15)16-9-12-30-13-10-16)25-23(32-21)26-11-5-8-18(26)19(28)14-31-17-6-3-2-4-7-17/h2-4,6-7,16,18-19,28H,5,8-14H2,1H3/t18-,19?/m1/s1. The molecule has 0 radical (unpaired) electrons. The molecule has 2 atom stereocenters. The van der Waals surface area contributed by atoms with E-state index < -0.39 is 6.10 Å². The molecule has 8 nitrogen and oxygen atoms in total. The maximum absolute atomic E-state index is 13.3. The van der Waals surface area contributed by atoms with Crippen molar-refractivity contribution in [2.75, 3.05) is 31.3 Å². The first-order chi connectivity index (χ1) is 15.6. The first kappa shape index (κ1) is 21.4. The average Bonchev–Trinajstić information content (AvgIpc) is 3.46. The smallest absolute Gasteiger partial charge is 0.281 e. The quantitative estimate of drug-likeness (QED) is 0.610. The summed E-state index contributed by atoms with van der Waals surface area (Å²) in [5.41, 5.74) is 0.341. The minimum absolute atomic E-state index is 0.0781. The highest BCUT2D eigenvalue weighted by molar-refractivity contribution is 7.21. The number of aliphatic hydroxyl groups is 1. The summed E-state index contributed by atoms with van der Waals surface area (Å²) in [5.74, 6) is 1.46. The van der Waals surface area contributed by atoms with Crippen LogP contribution in [0.2, 0.25) is 0 Å². The van der Waals surface area contributed by atoms with Crippen molar-refractivity contribution in [1.29, 1.82) is 0 Å². The van der Waals surface area contributed by atoms with Crippen LogP contribution in [-0.4, -0.2) is 58.2 Å². The maximum atomic E-state index is 13.3. The number of aromatic nitrogens is 3. The van der Waals surface area contributed by atoms with Gasteiger partial charge in [-0.05, 0) is 44.7 Å². The summed E-state index contributed by atoms with van der Waals surface area (Å²) >= 11 is 1.43. The molecule has 1 aromatic carbocycles. The van der Waals surface area contributed by atoms with Crippen LogP contribution in [0.3, 0.4) is 0 Å². The largest absolute Gasteiger partial charge is 0.491 e. The zero-order valence-electron chi connectivity index (χ0n) is 18.1. The van der Waals surface area contributed by atoms with Gasteiger partial charge in [0.2, 0.25) is 0 Å². The van der Waals surface area contributed by atoms with Crippen molar-refractivity contribution in [2.45, 2.75) is 50.8 Å². The van der Waals surface area contributed by atoms with Gasteiger partial charge < -0.3 is 19.5 Å². The van der Waals surface area contributed by atoms with Crippen LogP contribution in [0.25, 0.3) is 10.3 Å². The molecule has 0 bridgehead atoms. The van der Waals surface area contributed by atoms with E-state index in [0.717, 1.165) is 48.9 Å². The summed E-state index contributed by atoms with van der Waals surface area (Å²) in [6, 6.07) is 9.52. The average molecular weight is 457 g/mol. The Morgan fingerprint density at radius 2 is 2.00 bits per heavy atom. The van der Waals surface area contributed by atoms with E-state index in [0.29, 0.717) is 23.6 Å². The minimum atomic E-state index is -0.654. The number of hydrogen-bond donors (Lipinski definition) is 1. The van der Waals surface area contributed by atoms with Crippen molar-refractivity contribution in [3.05, 3.63) is 46.5 Å². The number of ether oxygens (including phenoxy) is 2. The molecule has 0 amide bonds. The number of hydrogen-bond acceptors (Lipinski definition) is 8. The van der Waals surface area contributed by atoms with Gasteiger partial charge in [0.25, 0.3) is 5.56 Å². The number of anilines is 1. The molecular weight excluding hydrogens is 428 g/mol. The van der Waals surface area contributed by atoms with E-state index in [1.54, 1.807) is 4.57 Å². The second-order valence-corrected chi connectivity index (χ2v) is 9.38. The molecule has 4 heterocycles. The summed E-state index contributed by atoms with van der Waals surface area (Å²) < 4.78 is 13.0. The van der Waals surface area contributed by atoms with Gasteiger partial charge in [-0.15, -0.1) is 0 Å². The molecule has 0 saturated carbocycles. The lowest BCUT2D eigenvalue weighted by Gasteiger charge is -2.28. The van der Waals surface area contributed by atoms with E-state index in [4.69, 9.17) is 19.4 Å². The fourth-order valence-corrected chi connectivity index (χ4v) is 5.77. The fraction of sp³-hybridized carbons (Fsp3) is 0.522. The van der Waals surface area contributed by atoms with Crippen molar-refractivity contribution in [3.8, 4) is 5.75 Å². The summed E-state index contributed by atoms with van der Waals surface area (Å²) in [6.45, 7) is 4.22. The second-order valence-electron chi connectivity index (χ2n) is 8.42. The van der Waals surface area contributed by atoms with E-state index in [-0.39, 0.29) is 24.2 Å². The number of benzene rings is 1. The Labute approximate surface area is 190 Å². The van der Waals surface area contributed by atoms with Gasteiger partial charge in [0.05, 0.1) is 6.04 Å². The predicted molar refractivity (Wildman–Crippen MR) is 124 cm³/mol. The Bertz CT molecular complexity index is 1130. The van der Waals surface area contributed by atoms with Crippen LogP contribution in [0, 0.1) is 6.92 Å². The van der Waals surface area contributed by atoms with Crippen molar-refractivity contribution >= 4 is 26.8 Å². The number of aryl methyl sites for hydroxylation is 1. The van der Waals surface area contributed by atoms with Gasteiger partial charge in [0.15, 0.2) is 15.5 Å². The van der Waals surface area contributed by atoms with Crippen molar-refractivity contribution in [2.24, 2.45) is 0 Å². The topological polar surface area (TPSA) is 89.7 Å². The summed E-state index contributed by atoms with van der Waals surface area (Å²) in [5, 5.41) is 11.6. The normalized spacial score (nSPS) is 20.7. The van der Waals surface area contributed by atoms with Gasteiger partial charge in [0.1, 0.15) is 24.3 Å². The van der Waals surface area contributed by atoms with Gasteiger partial charge >= 0.3 is 0 Å². The van der Waals surface area contributed by atoms with E-state index >= 15 is 0 Å². The van der Waals surface area contributed by atoms with Crippen LogP contribution in [0.5, 0.6) is 5.75 Å². The van der Waals surface area contributed by atoms with E-state index in [1.165, 1.54) is 11.3 Å². The first-order valence-electron chi connectivity index (χ1n) is 11.2. The van der Waals surface area contributed by atoms with Crippen LogP contribution >= 0.6 is 11.3 Å². The highest BCUT2D eigenvalue weighted by atomic mass is 32.1. The van der Waals surface area contributed by atoms with Crippen LogP contribution in [0.15, 0.2) is 35.1 Å². The number of aliphatic hydroxyl groups excluding tert-OH is 1. The second kappa shape index (κ2) is 9.17. The molecule has 2 aliphatic rings. The number of fused-ring (bicyclic) bond motifs is 1. The SMILES string of the molecule is Cc1nc2sc(N3CCC[C@@H]3C(O)COc3ccccc3)nc2c(=O)n1C1CCOCC1. The molecule has 1 N–H and O–H groups in total. The maximum Gasteiger partial charge on any atom is 0.281 e. The molecule has 2 aromatic heterocycles. The predicted octanol–water partition coefficient (Wildman–Crippen LogP) is 2.92. The van der Waals surface area contributed by atoms with Crippen molar-refractivity contribution < 1.29 is 14.6 Å². The van der Waals surface area contributed by atoms with Gasteiger partial charge in [-0.1, -0.05) is 29.5 Å². The summed E-state index contributed by atoms with van der Waals surface area (Å²) in [6.07, 6.45) is 2.79. The van der Waals surface area contributed by atoms with Crippen LogP contribution in [-0.2, 0) is 4.74 Å². The number of thiazole rings is 1. The number of para-hydroxylation sites is 1. The minimum Gasteiger partial charge on any atom is -0.491 e. The number of rotatable bonds is 6. The molecule has 2 aliphatic heterocycles. The van der Waals surface area contributed by atoms with E-state index in [9.17, 15) is 9.90 Å². The van der Waals surface area contributed by atoms with Gasteiger partial charge in [-0.2, -0.15) is 0 Å². The number of nitrogens with zero attached hydrogens (tertiary/aromatic N) is 4. The van der Waals surface area contributed by atoms with Gasteiger partial charge in [-0.3, -0.25) is 9.36 Å². The molecule has 32 heavy (non-hydrogen) atoms. The lowest BCUT2D eigenvalue weighted by atomic mass is 10.1. The molecule has 0 aliphatic carbocycles. The van der Waals surface area contributed by atoms with E-state index in [2.05, 4.69) is 4.90 Å². The third-order valence-electron chi connectivity index (χ3n) is 6.34. The van der Waals surface area contributed by atoms with E-state index in [1.807, 2.05) is 37.3 Å². The summed E-state index contributed by atoms with van der Waals surface area (Å²) in [4.78, 5) is 25.5. The lowest BCUT2D eigenvalue weighted by Crippen LogP contribution is -2.42. The highest BCUT2D eigenvalue weighted by Gasteiger charge is 2.34. The Morgan fingerprint density at radius 3 is 2.78 bits per heavy atom. The molecule has 1 unspecified atom stereocenters. The monoisotopic (exact) mass is 456 g/mol. The Hall–Kier alpha value is -2.49. The van der Waals surface area contributed by atoms with Crippen molar-refractivity contribution in [3.63, 3.8) is 0 Å². The Morgan fingerprint density at radius 1 is 1.22 bits per heavy atom. The summed E-state index contributed by atoms with van der Waals surface area (Å²) in [7, 11) is 0. The first-order valence-corrected chi connectivity index (χ1v) is 12.0. The molecule has 0 spiro atoms. The van der Waals surface area contributed by atoms with Crippen LogP contribution in [0.1, 0.15) is 37.5 Å². The lowest BCUT2D eigenvalue weighted by molar-refractivity contribution is 0.0679. The van der Waals surface area contributed by atoms with Crippen LogP contribution < -0.4 is 15.2 Å². The molecule has 3 aromatic rings. The Balaban J connectivity index is 1.38. The molecule has 170 valence electrons. The molecule has 5 rings (SSSR count). The fourth-order valence-electron chi connectivity index (χ4n) is 4.71. The molecule has 9 heteroatoms. The third kappa shape index (κ3) is 4.12. The Kier molecular flexibility index (Phi) is 6.12. The van der Waals surface area contributed by atoms with Crippen LogP contribution in [0.4, 0.5) is 5.13 Å². The van der Waals surface area contributed by atoms with Gasteiger partial charge in [-0.25, -0.2) is 9.97 Å². The van der Waals surface area contributed by atoms with Gasteiger partial charge in [0, 0.05) is 25.8 Å². The highest BCUT2D eigenvalue weighted by Crippen LogP contribution is 2.33.